The standard InChI is InChI=1S/C24H26N4O2/c1-26(2)12-6-13-27-15-10-21-19(23(27)29)17-20-22(25-21)11-16-28(24(20)30)14-9-18-7-4-3-5-8-18/h3-5,7-8,10-11,15-17H,6,9,12-14H2,1-2H3. The van der Waals surface area contributed by atoms with Crippen molar-refractivity contribution in [3.05, 3.63) is 87.2 Å². The second kappa shape index (κ2) is 8.63. The van der Waals surface area contributed by atoms with Crippen LogP contribution in [0.3, 0.4) is 0 Å². The highest BCUT2D eigenvalue weighted by Crippen LogP contribution is 2.14. The van der Waals surface area contributed by atoms with Crippen molar-refractivity contribution >= 4 is 21.8 Å². The molecular formula is C24H26N4O2. The third-order valence-electron chi connectivity index (χ3n) is 5.38. The summed E-state index contributed by atoms with van der Waals surface area (Å²) < 4.78 is 3.40. The van der Waals surface area contributed by atoms with Gasteiger partial charge in [-0.15, -0.1) is 0 Å². The average molecular weight is 402 g/mol. The molecule has 30 heavy (non-hydrogen) atoms. The van der Waals surface area contributed by atoms with Crippen LogP contribution in [0, 0.1) is 0 Å². The highest BCUT2D eigenvalue weighted by molar-refractivity contribution is 5.91. The summed E-state index contributed by atoms with van der Waals surface area (Å²) in [6.45, 7) is 2.13. The van der Waals surface area contributed by atoms with Crippen LogP contribution in [-0.2, 0) is 19.5 Å². The molecule has 4 rings (SSSR count). The molecule has 0 saturated carbocycles. The van der Waals surface area contributed by atoms with Crippen LogP contribution in [0.2, 0.25) is 0 Å². The van der Waals surface area contributed by atoms with E-state index in [0.29, 0.717) is 34.9 Å². The van der Waals surface area contributed by atoms with Crippen LogP contribution in [0.15, 0.2) is 70.5 Å². The van der Waals surface area contributed by atoms with Gasteiger partial charge in [-0.1, -0.05) is 30.3 Å². The van der Waals surface area contributed by atoms with Crippen LogP contribution in [0.5, 0.6) is 0 Å². The van der Waals surface area contributed by atoms with Gasteiger partial charge in [0.2, 0.25) is 0 Å². The molecule has 6 heteroatoms. The van der Waals surface area contributed by atoms with Gasteiger partial charge in [-0.3, -0.25) is 9.59 Å². The number of benzene rings is 1. The van der Waals surface area contributed by atoms with Gasteiger partial charge in [0.25, 0.3) is 11.1 Å². The smallest absolute Gasteiger partial charge is 0.260 e. The summed E-state index contributed by atoms with van der Waals surface area (Å²) in [6, 6.07) is 15.5. The van der Waals surface area contributed by atoms with E-state index in [1.54, 1.807) is 27.6 Å². The number of aromatic nitrogens is 3. The van der Waals surface area contributed by atoms with Crippen LogP contribution < -0.4 is 11.1 Å². The minimum atomic E-state index is -0.111. The maximum atomic E-state index is 13.0. The van der Waals surface area contributed by atoms with Gasteiger partial charge in [0.1, 0.15) is 0 Å². The maximum absolute atomic E-state index is 13.0. The molecule has 0 aliphatic rings. The Bertz CT molecular complexity index is 1290. The normalized spacial score (nSPS) is 11.6. The van der Waals surface area contributed by atoms with Gasteiger partial charge >= 0.3 is 0 Å². The first-order valence-electron chi connectivity index (χ1n) is 10.2. The van der Waals surface area contributed by atoms with Crippen molar-refractivity contribution < 1.29 is 0 Å². The fourth-order valence-electron chi connectivity index (χ4n) is 3.71. The lowest BCUT2D eigenvalue weighted by Gasteiger charge is -2.11. The minimum Gasteiger partial charge on any atom is -0.315 e. The predicted molar refractivity (Wildman–Crippen MR) is 121 cm³/mol. The van der Waals surface area contributed by atoms with Gasteiger partial charge in [0.05, 0.1) is 21.8 Å². The summed E-state index contributed by atoms with van der Waals surface area (Å²) in [4.78, 5) is 32.7. The zero-order valence-electron chi connectivity index (χ0n) is 17.4. The van der Waals surface area contributed by atoms with Gasteiger partial charge in [0, 0.05) is 25.5 Å². The van der Waals surface area contributed by atoms with E-state index < -0.39 is 0 Å². The Morgan fingerprint density at radius 2 is 1.43 bits per heavy atom. The van der Waals surface area contributed by atoms with Gasteiger partial charge in [0.15, 0.2) is 0 Å². The third kappa shape index (κ3) is 4.19. The van der Waals surface area contributed by atoms with E-state index in [1.165, 1.54) is 5.56 Å². The van der Waals surface area contributed by atoms with Crippen molar-refractivity contribution in [2.75, 3.05) is 20.6 Å². The van der Waals surface area contributed by atoms with Crippen molar-refractivity contribution in [3.8, 4) is 0 Å². The lowest BCUT2D eigenvalue weighted by molar-refractivity contribution is 0.385. The highest BCUT2D eigenvalue weighted by atomic mass is 16.1. The van der Waals surface area contributed by atoms with Crippen LogP contribution in [-0.4, -0.2) is 39.7 Å². The summed E-state index contributed by atoms with van der Waals surface area (Å²) in [5.74, 6) is 0. The molecule has 0 fully saturated rings. The fraction of sp³-hybridized carbons (Fsp3) is 0.292. The Labute approximate surface area is 175 Å². The van der Waals surface area contributed by atoms with Crippen molar-refractivity contribution in [1.29, 1.82) is 0 Å². The monoisotopic (exact) mass is 402 g/mol. The number of rotatable bonds is 7. The van der Waals surface area contributed by atoms with E-state index in [-0.39, 0.29) is 11.1 Å². The molecule has 1 aromatic carbocycles. The first kappa shape index (κ1) is 20.0. The largest absolute Gasteiger partial charge is 0.315 e. The topological polar surface area (TPSA) is 60.1 Å². The lowest BCUT2D eigenvalue weighted by Crippen LogP contribution is -2.24. The summed E-state index contributed by atoms with van der Waals surface area (Å²) in [7, 11) is 4.03. The molecule has 0 aliphatic carbocycles. The Morgan fingerprint density at radius 1 is 0.833 bits per heavy atom. The molecule has 0 N–H and O–H groups in total. The zero-order valence-corrected chi connectivity index (χ0v) is 17.4. The summed E-state index contributed by atoms with van der Waals surface area (Å²) in [5.41, 5.74) is 2.22. The van der Waals surface area contributed by atoms with E-state index in [4.69, 9.17) is 0 Å². The molecule has 0 amide bonds. The third-order valence-corrected chi connectivity index (χ3v) is 5.38. The lowest BCUT2D eigenvalue weighted by atomic mass is 10.1. The predicted octanol–water partition coefficient (Wildman–Crippen LogP) is 2.91. The Balaban J connectivity index is 1.69. The zero-order chi connectivity index (χ0) is 21.1. The second-order valence-corrected chi connectivity index (χ2v) is 7.87. The number of hydrogen-bond donors (Lipinski definition) is 0. The molecular weight excluding hydrogens is 376 g/mol. The van der Waals surface area contributed by atoms with Crippen molar-refractivity contribution in [2.45, 2.75) is 25.9 Å². The molecule has 0 bridgehead atoms. The van der Waals surface area contributed by atoms with E-state index >= 15 is 0 Å². The number of fused-ring (bicyclic) bond motifs is 2. The number of pyridine rings is 3. The number of nitrogens with zero attached hydrogens (tertiary/aromatic N) is 4. The Morgan fingerprint density at radius 3 is 2.03 bits per heavy atom. The molecule has 0 atom stereocenters. The molecule has 4 aromatic rings. The number of hydrogen-bond acceptors (Lipinski definition) is 4. The summed E-state index contributed by atoms with van der Waals surface area (Å²) >= 11 is 0. The maximum Gasteiger partial charge on any atom is 0.260 e. The highest BCUT2D eigenvalue weighted by Gasteiger charge is 2.10. The molecule has 0 aliphatic heterocycles. The second-order valence-electron chi connectivity index (χ2n) is 7.87. The van der Waals surface area contributed by atoms with Gasteiger partial charge in [-0.2, -0.15) is 0 Å². The van der Waals surface area contributed by atoms with Gasteiger partial charge in [-0.05, 0) is 57.2 Å². The molecule has 0 spiro atoms. The van der Waals surface area contributed by atoms with Crippen LogP contribution in [0.1, 0.15) is 12.0 Å². The Hall–Kier alpha value is -3.25. The first-order chi connectivity index (χ1) is 14.5. The molecule has 0 unspecified atom stereocenters. The molecule has 3 heterocycles. The minimum absolute atomic E-state index is 0.0975. The first-order valence-corrected chi connectivity index (χ1v) is 10.2. The van der Waals surface area contributed by atoms with Crippen molar-refractivity contribution in [2.24, 2.45) is 0 Å². The van der Waals surface area contributed by atoms with E-state index in [9.17, 15) is 9.59 Å². The van der Waals surface area contributed by atoms with E-state index in [1.807, 2.05) is 44.4 Å². The molecule has 0 radical (unpaired) electrons. The van der Waals surface area contributed by atoms with Crippen molar-refractivity contribution in [1.82, 2.24) is 19.0 Å². The van der Waals surface area contributed by atoms with Crippen molar-refractivity contribution in [3.63, 3.8) is 0 Å². The quantitative estimate of drug-likeness (QED) is 0.446. The molecule has 154 valence electrons. The fourth-order valence-corrected chi connectivity index (χ4v) is 3.71. The summed E-state index contributed by atoms with van der Waals surface area (Å²) in [5, 5.41) is 0.981. The van der Waals surface area contributed by atoms with Gasteiger partial charge < -0.3 is 14.0 Å². The van der Waals surface area contributed by atoms with Gasteiger partial charge in [-0.25, -0.2) is 4.98 Å². The van der Waals surface area contributed by atoms with Crippen LogP contribution >= 0.6 is 0 Å². The molecule has 6 nitrogen and oxygen atoms in total. The molecule has 3 aromatic heterocycles. The van der Waals surface area contributed by atoms with E-state index in [0.717, 1.165) is 19.4 Å². The summed E-state index contributed by atoms with van der Waals surface area (Å²) in [6.07, 6.45) is 5.23. The number of aryl methyl sites for hydroxylation is 3. The van der Waals surface area contributed by atoms with E-state index in [2.05, 4.69) is 22.0 Å². The van der Waals surface area contributed by atoms with Crippen LogP contribution in [0.25, 0.3) is 21.8 Å². The Kier molecular flexibility index (Phi) is 5.77. The SMILES string of the molecule is CN(C)CCCn1ccc2nc3ccn(CCc4ccccc4)c(=O)c3cc2c1=O. The average Bonchev–Trinajstić information content (AvgIpc) is 2.75. The van der Waals surface area contributed by atoms with Crippen LogP contribution in [0.4, 0.5) is 0 Å². The molecule has 0 saturated heterocycles.